The fourth-order valence-electron chi connectivity index (χ4n) is 4.68. The summed E-state index contributed by atoms with van der Waals surface area (Å²) >= 11 is 7.16. The van der Waals surface area contributed by atoms with Gasteiger partial charge in [0.05, 0.1) is 17.4 Å². The van der Waals surface area contributed by atoms with E-state index in [9.17, 15) is 27.6 Å². The molecule has 3 fully saturated rings. The molecule has 1 heterocycles. The van der Waals surface area contributed by atoms with Crippen LogP contribution in [-0.2, 0) is 20.6 Å². The van der Waals surface area contributed by atoms with Gasteiger partial charge in [-0.2, -0.15) is 13.2 Å². The summed E-state index contributed by atoms with van der Waals surface area (Å²) in [5.41, 5.74) is -0.934. The molecule has 0 radical (unpaired) electrons. The average molecular weight is 524 g/mol. The number of halogens is 5. The van der Waals surface area contributed by atoms with Crippen LogP contribution in [0.4, 0.5) is 18.9 Å². The topological polar surface area (TPSA) is 66.5 Å². The summed E-state index contributed by atoms with van der Waals surface area (Å²) < 4.78 is 38.4. The van der Waals surface area contributed by atoms with E-state index in [1.54, 1.807) is 0 Å². The van der Waals surface area contributed by atoms with E-state index in [1.807, 2.05) is 0 Å². The largest absolute Gasteiger partial charge is 0.416 e. The molecule has 4 rings (SSSR count). The molecule has 2 bridgehead atoms. The normalized spacial score (nSPS) is 34.1. The number of anilines is 1. The van der Waals surface area contributed by atoms with Gasteiger partial charge >= 0.3 is 6.18 Å². The molecule has 1 saturated heterocycles. The summed E-state index contributed by atoms with van der Waals surface area (Å²) in [5.74, 6) is -2.25. The number of benzene rings is 1. The first kappa shape index (κ1) is 19.9. The number of carbonyl (C=O) groups is 3. The number of hydrogen-bond donors (Lipinski definition) is 1. The van der Waals surface area contributed by atoms with Gasteiger partial charge in [-0.15, -0.1) is 0 Å². The Hall–Kier alpha value is -1.42. The van der Waals surface area contributed by atoms with Gasteiger partial charge in [0.25, 0.3) is 0 Å². The van der Waals surface area contributed by atoms with Crippen LogP contribution in [0, 0.1) is 23.7 Å². The molecule has 3 amide bonds. The van der Waals surface area contributed by atoms with Gasteiger partial charge in [0.2, 0.25) is 17.7 Å². The van der Waals surface area contributed by atoms with Crippen molar-refractivity contribution in [3.8, 4) is 0 Å². The quantitative estimate of drug-likeness (QED) is 0.487. The Morgan fingerprint density at radius 1 is 1.11 bits per heavy atom. The van der Waals surface area contributed by atoms with E-state index in [2.05, 4.69) is 37.2 Å². The van der Waals surface area contributed by atoms with Gasteiger partial charge in [0.1, 0.15) is 6.54 Å². The van der Waals surface area contributed by atoms with Crippen molar-refractivity contribution in [2.45, 2.75) is 22.3 Å². The Morgan fingerprint density at radius 2 is 1.68 bits per heavy atom. The SMILES string of the molecule is O=C(CN1C(=O)[C@@H]2[C@H]3C[C@H]([C@H](Br)[C@@H]3Br)[C@@H]2C1=O)Nc1cccc(C(F)(F)F)c1. The highest BCUT2D eigenvalue weighted by Gasteiger charge is 2.66. The summed E-state index contributed by atoms with van der Waals surface area (Å²) in [6, 6.07) is 4.21. The van der Waals surface area contributed by atoms with E-state index in [0.29, 0.717) is 0 Å². The van der Waals surface area contributed by atoms with E-state index >= 15 is 0 Å². The number of likely N-dealkylation sites (tertiary alicyclic amines) is 1. The fraction of sp³-hybridized carbons (Fsp3) is 0.500. The molecular weight excluding hydrogens is 509 g/mol. The van der Waals surface area contributed by atoms with Crippen LogP contribution < -0.4 is 5.32 Å². The van der Waals surface area contributed by atoms with Crippen LogP contribution in [0.25, 0.3) is 0 Å². The van der Waals surface area contributed by atoms with Crippen molar-refractivity contribution in [1.82, 2.24) is 4.90 Å². The Kier molecular flexibility index (Phi) is 4.85. The summed E-state index contributed by atoms with van der Waals surface area (Å²) in [6.45, 7) is -0.500. The third-order valence-electron chi connectivity index (χ3n) is 5.85. The van der Waals surface area contributed by atoms with Crippen LogP contribution in [0.5, 0.6) is 0 Å². The lowest BCUT2D eigenvalue weighted by atomic mass is 9.81. The van der Waals surface area contributed by atoms with Gasteiger partial charge in [-0.3, -0.25) is 19.3 Å². The number of nitrogens with zero attached hydrogens (tertiary/aromatic N) is 1. The zero-order chi connectivity index (χ0) is 20.4. The van der Waals surface area contributed by atoms with Crippen molar-refractivity contribution in [3.05, 3.63) is 29.8 Å². The van der Waals surface area contributed by atoms with Crippen LogP contribution in [0.15, 0.2) is 24.3 Å². The second-order valence-electron chi connectivity index (χ2n) is 7.39. The van der Waals surface area contributed by atoms with E-state index in [-0.39, 0.29) is 39.0 Å². The first-order chi connectivity index (χ1) is 13.1. The van der Waals surface area contributed by atoms with Gasteiger partial charge < -0.3 is 5.32 Å². The van der Waals surface area contributed by atoms with Gasteiger partial charge in [-0.25, -0.2) is 0 Å². The van der Waals surface area contributed by atoms with Crippen molar-refractivity contribution >= 4 is 55.3 Å². The number of rotatable bonds is 3. The number of hydrogen-bond acceptors (Lipinski definition) is 3. The van der Waals surface area contributed by atoms with Crippen LogP contribution in [-0.4, -0.2) is 38.8 Å². The fourth-order valence-corrected chi connectivity index (χ4v) is 6.56. The Labute approximate surface area is 175 Å². The van der Waals surface area contributed by atoms with Crippen molar-refractivity contribution in [1.29, 1.82) is 0 Å². The Balaban J connectivity index is 1.46. The molecular formula is C18H15Br2F3N2O3. The molecule has 2 aliphatic carbocycles. The molecule has 0 aromatic heterocycles. The Morgan fingerprint density at radius 3 is 2.21 bits per heavy atom. The second kappa shape index (κ2) is 6.83. The van der Waals surface area contributed by atoms with Crippen LogP contribution in [0.2, 0.25) is 0 Å². The van der Waals surface area contributed by atoms with Crippen molar-refractivity contribution in [2.24, 2.45) is 23.7 Å². The van der Waals surface area contributed by atoms with Crippen LogP contribution in [0.3, 0.4) is 0 Å². The minimum atomic E-state index is -4.53. The molecule has 150 valence electrons. The van der Waals surface area contributed by atoms with E-state index < -0.39 is 36.0 Å². The van der Waals surface area contributed by atoms with Crippen molar-refractivity contribution < 1.29 is 27.6 Å². The van der Waals surface area contributed by atoms with Crippen molar-refractivity contribution in [3.63, 3.8) is 0 Å². The van der Waals surface area contributed by atoms with Gasteiger partial charge in [0, 0.05) is 15.3 Å². The van der Waals surface area contributed by atoms with E-state index in [4.69, 9.17) is 0 Å². The van der Waals surface area contributed by atoms with E-state index in [0.717, 1.165) is 23.5 Å². The molecule has 6 atom stereocenters. The third-order valence-corrected chi connectivity index (χ3v) is 9.06. The molecule has 0 unspecified atom stereocenters. The Bertz CT molecular complexity index is 831. The standard InChI is InChI=1S/C18H15Br2F3N2O3/c19-14-9-5-10(15(14)20)13-12(9)16(27)25(17(13)28)6-11(26)24-8-3-1-2-7(4-8)18(21,22)23/h1-4,9-10,12-15H,5-6H2,(H,24,26)/t9-,10+,12-,13+,14-,15+. The summed E-state index contributed by atoms with van der Waals surface area (Å²) in [6.07, 6.45) is -3.75. The molecule has 3 aliphatic rings. The lowest BCUT2D eigenvalue weighted by Gasteiger charge is -2.28. The molecule has 5 nitrogen and oxygen atoms in total. The number of nitrogens with one attached hydrogen (secondary N) is 1. The molecule has 2 saturated carbocycles. The smallest absolute Gasteiger partial charge is 0.325 e. The minimum absolute atomic E-state index is 0.0346. The summed E-state index contributed by atoms with van der Waals surface area (Å²) in [7, 11) is 0. The zero-order valence-corrected chi connectivity index (χ0v) is 17.4. The molecule has 1 aromatic rings. The molecule has 28 heavy (non-hydrogen) atoms. The highest BCUT2D eigenvalue weighted by atomic mass is 79.9. The lowest BCUT2D eigenvalue weighted by molar-refractivity contribution is -0.143. The molecule has 0 spiro atoms. The average Bonchev–Trinajstić information content (AvgIpc) is 3.22. The van der Waals surface area contributed by atoms with E-state index in [1.165, 1.54) is 12.1 Å². The highest BCUT2D eigenvalue weighted by molar-refractivity contribution is 9.12. The predicted molar refractivity (Wildman–Crippen MR) is 101 cm³/mol. The summed E-state index contributed by atoms with van der Waals surface area (Å²) in [5, 5.41) is 2.34. The number of carbonyl (C=O) groups excluding carboxylic acids is 3. The first-order valence-electron chi connectivity index (χ1n) is 8.70. The maximum atomic E-state index is 12.8. The molecule has 1 N–H and O–H groups in total. The first-order valence-corrected chi connectivity index (χ1v) is 10.5. The maximum Gasteiger partial charge on any atom is 0.416 e. The molecule has 1 aromatic carbocycles. The van der Waals surface area contributed by atoms with Gasteiger partial charge in [-0.05, 0) is 36.5 Å². The lowest BCUT2D eigenvalue weighted by Crippen LogP contribution is -2.39. The highest BCUT2D eigenvalue weighted by Crippen LogP contribution is 2.60. The molecule has 10 heteroatoms. The predicted octanol–water partition coefficient (Wildman–Crippen LogP) is 3.42. The number of fused-ring (bicyclic) bond motifs is 5. The third kappa shape index (κ3) is 3.08. The maximum absolute atomic E-state index is 12.8. The number of imide groups is 1. The van der Waals surface area contributed by atoms with Crippen LogP contribution >= 0.6 is 31.9 Å². The monoisotopic (exact) mass is 522 g/mol. The number of amides is 3. The van der Waals surface area contributed by atoms with Gasteiger partial charge in [0.15, 0.2) is 0 Å². The second-order valence-corrected chi connectivity index (χ2v) is 9.51. The summed E-state index contributed by atoms with van der Waals surface area (Å²) in [4.78, 5) is 38.9. The molecule has 1 aliphatic heterocycles. The zero-order valence-electron chi connectivity index (χ0n) is 14.2. The van der Waals surface area contributed by atoms with Gasteiger partial charge in [-0.1, -0.05) is 37.9 Å². The minimum Gasteiger partial charge on any atom is -0.325 e. The van der Waals surface area contributed by atoms with Crippen LogP contribution in [0.1, 0.15) is 12.0 Å². The number of alkyl halides is 5. The van der Waals surface area contributed by atoms with Crippen molar-refractivity contribution in [2.75, 3.05) is 11.9 Å².